The van der Waals surface area contributed by atoms with Crippen molar-refractivity contribution in [3.63, 3.8) is 0 Å². The molecule has 0 saturated heterocycles. The molecule has 0 radical (unpaired) electrons. The van der Waals surface area contributed by atoms with Crippen molar-refractivity contribution >= 4 is 28.5 Å². The lowest BCUT2D eigenvalue weighted by Gasteiger charge is -2.21. The molecule has 0 fully saturated rings. The number of anilines is 1. The SMILES string of the molecule is CC(NC(=O)OC(C)(C)C)C(=O)Nc1nnc(C(C)C)s1. The van der Waals surface area contributed by atoms with Crippen molar-refractivity contribution in [2.45, 2.75) is 59.1 Å². The molecule has 0 saturated carbocycles. The Kier molecular flexibility index (Phi) is 5.65. The molecule has 0 spiro atoms. The van der Waals surface area contributed by atoms with Crippen LogP contribution in [-0.4, -0.2) is 33.8 Å². The van der Waals surface area contributed by atoms with Gasteiger partial charge in [-0.1, -0.05) is 25.2 Å². The van der Waals surface area contributed by atoms with Gasteiger partial charge in [-0.3, -0.25) is 10.1 Å². The third-order valence-corrected chi connectivity index (χ3v) is 3.43. The molecule has 7 nitrogen and oxygen atoms in total. The van der Waals surface area contributed by atoms with Crippen molar-refractivity contribution in [3.8, 4) is 0 Å². The van der Waals surface area contributed by atoms with E-state index in [1.54, 1.807) is 27.7 Å². The second kappa shape index (κ2) is 6.84. The van der Waals surface area contributed by atoms with Crippen LogP contribution in [0.25, 0.3) is 0 Å². The number of hydrogen-bond acceptors (Lipinski definition) is 6. The molecule has 1 heterocycles. The predicted molar refractivity (Wildman–Crippen MR) is 81.5 cm³/mol. The van der Waals surface area contributed by atoms with Gasteiger partial charge in [0.15, 0.2) is 0 Å². The average molecular weight is 314 g/mol. The predicted octanol–water partition coefficient (Wildman–Crippen LogP) is 2.51. The monoisotopic (exact) mass is 314 g/mol. The molecule has 2 amide bonds. The summed E-state index contributed by atoms with van der Waals surface area (Å²) in [7, 11) is 0. The van der Waals surface area contributed by atoms with Gasteiger partial charge in [0.05, 0.1) is 0 Å². The number of carbonyl (C=O) groups is 2. The quantitative estimate of drug-likeness (QED) is 0.890. The van der Waals surface area contributed by atoms with Crippen molar-refractivity contribution in [2.24, 2.45) is 0 Å². The molecule has 1 aromatic heterocycles. The Bertz CT molecular complexity index is 508. The Balaban J connectivity index is 2.52. The number of carbonyl (C=O) groups excluding carboxylic acids is 2. The molecule has 1 atom stereocenters. The zero-order valence-corrected chi connectivity index (χ0v) is 14.0. The highest BCUT2D eigenvalue weighted by atomic mass is 32.1. The molecule has 1 rings (SSSR count). The number of rotatable bonds is 4. The summed E-state index contributed by atoms with van der Waals surface area (Å²) in [6.45, 7) is 10.8. The number of hydrogen-bond donors (Lipinski definition) is 2. The topological polar surface area (TPSA) is 93.2 Å². The van der Waals surface area contributed by atoms with Gasteiger partial charge in [0, 0.05) is 5.92 Å². The van der Waals surface area contributed by atoms with Gasteiger partial charge in [-0.25, -0.2) is 4.79 Å². The Labute approximate surface area is 128 Å². The fraction of sp³-hybridized carbons (Fsp3) is 0.692. The van der Waals surface area contributed by atoms with E-state index in [0.29, 0.717) is 5.13 Å². The van der Waals surface area contributed by atoms with Gasteiger partial charge in [0.25, 0.3) is 0 Å². The van der Waals surface area contributed by atoms with Crippen LogP contribution in [0.1, 0.15) is 52.5 Å². The molecule has 0 aliphatic heterocycles. The van der Waals surface area contributed by atoms with Gasteiger partial charge in [-0.2, -0.15) is 0 Å². The molecule has 21 heavy (non-hydrogen) atoms. The summed E-state index contributed by atoms with van der Waals surface area (Å²) in [5.74, 6) is -0.113. The van der Waals surface area contributed by atoms with E-state index in [1.807, 2.05) is 13.8 Å². The number of amides is 2. The molecule has 0 aliphatic rings. The van der Waals surface area contributed by atoms with E-state index in [-0.39, 0.29) is 11.8 Å². The molecule has 118 valence electrons. The first-order chi connectivity index (χ1) is 9.58. The molecular formula is C13H22N4O3S. The molecular weight excluding hydrogens is 292 g/mol. The number of alkyl carbamates (subject to hydrolysis) is 1. The van der Waals surface area contributed by atoms with Gasteiger partial charge < -0.3 is 10.1 Å². The van der Waals surface area contributed by atoms with Crippen molar-refractivity contribution < 1.29 is 14.3 Å². The van der Waals surface area contributed by atoms with Crippen molar-refractivity contribution in [1.82, 2.24) is 15.5 Å². The second-order valence-electron chi connectivity index (χ2n) is 5.96. The van der Waals surface area contributed by atoms with Crippen LogP contribution in [-0.2, 0) is 9.53 Å². The molecule has 0 bridgehead atoms. The fourth-order valence-corrected chi connectivity index (χ4v) is 2.03. The zero-order chi connectivity index (χ0) is 16.2. The molecule has 8 heteroatoms. The molecule has 1 aromatic rings. The van der Waals surface area contributed by atoms with Crippen molar-refractivity contribution in [1.29, 1.82) is 0 Å². The average Bonchev–Trinajstić information content (AvgIpc) is 2.74. The van der Waals surface area contributed by atoms with Gasteiger partial charge in [0.1, 0.15) is 16.7 Å². The smallest absolute Gasteiger partial charge is 0.408 e. The first kappa shape index (κ1) is 17.4. The van der Waals surface area contributed by atoms with E-state index in [4.69, 9.17) is 4.74 Å². The summed E-state index contributed by atoms with van der Waals surface area (Å²) in [6, 6.07) is -0.730. The number of ether oxygens (including phenoxy) is 1. The standard InChI is InChI=1S/C13H22N4O3S/c1-7(2)10-16-17-11(21-10)15-9(18)8(3)14-12(19)20-13(4,5)6/h7-8H,1-6H3,(H,14,19)(H,15,17,18). The first-order valence-electron chi connectivity index (χ1n) is 6.72. The van der Waals surface area contributed by atoms with Crippen LogP contribution < -0.4 is 10.6 Å². The van der Waals surface area contributed by atoms with Gasteiger partial charge in [-0.15, -0.1) is 10.2 Å². The molecule has 2 N–H and O–H groups in total. The lowest BCUT2D eigenvalue weighted by molar-refractivity contribution is -0.117. The third-order valence-electron chi connectivity index (χ3n) is 2.29. The first-order valence-corrected chi connectivity index (χ1v) is 7.54. The summed E-state index contributed by atoms with van der Waals surface area (Å²) in [6.07, 6.45) is -0.634. The van der Waals surface area contributed by atoms with Crippen LogP contribution in [0.4, 0.5) is 9.93 Å². The van der Waals surface area contributed by atoms with E-state index in [1.165, 1.54) is 11.3 Å². The Morgan fingerprint density at radius 2 is 1.81 bits per heavy atom. The summed E-state index contributed by atoms with van der Waals surface area (Å²) >= 11 is 1.32. The van der Waals surface area contributed by atoms with Crippen LogP contribution >= 0.6 is 11.3 Å². The number of aromatic nitrogens is 2. The maximum Gasteiger partial charge on any atom is 0.408 e. The van der Waals surface area contributed by atoms with Crippen LogP contribution in [0.3, 0.4) is 0 Å². The highest BCUT2D eigenvalue weighted by Gasteiger charge is 2.21. The molecule has 0 aromatic carbocycles. The normalized spacial score (nSPS) is 12.9. The van der Waals surface area contributed by atoms with Crippen molar-refractivity contribution in [3.05, 3.63) is 5.01 Å². The minimum Gasteiger partial charge on any atom is -0.444 e. The second-order valence-corrected chi connectivity index (χ2v) is 6.97. The number of nitrogens with one attached hydrogen (secondary N) is 2. The highest BCUT2D eigenvalue weighted by molar-refractivity contribution is 7.15. The molecule has 0 aliphatic carbocycles. The Morgan fingerprint density at radius 1 is 1.19 bits per heavy atom. The number of nitrogens with zero attached hydrogens (tertiary/aromatic N) is 2. The van der Waals surface area contributed by atoms with Crippen LogP contribution in [0.5, 0.6) is 0 Å². The maximum atomic E-state index is 12.0. The summed E-state index contributed by atoms with van der Waals surface area (Å²) in [5, 5.41) is 14.2. The minimum atomic E-state index is -0.730. The largest absolute Gasteiger partial charge is 0.444 e. The Hall–Kier alpha value is -1.70. The van der Waals surface area contributed by atoms with E-state index in [2.05, 4.69) is 20.8 Å². The third kappa shape index (κ3) is 6.07. The lowest BCUT2D eigenvalue weighted by atomic mass is 10.2. The van der Waals surface area contributed by atoms with E-state index in [9.17, 15) is 9.59 Å². The van der Waals surface area contributed by atoms with Gasteiger partial charge in [-0.05, 0) is 27.7 Å². The lowest BCUT2D eigenvalue weighted by Crippen LogP contribution is -2.43. The van der Waals surface area contributed by atoms with Crippen molar-refractivity contribution in [2.75, 3.05) is 5.32 Å². The highest BCUT2D eigenvalue weighted by Crippen LogP contribution is 2.22. The minimum absolute atomic E-state index is 0.255. The van der Waals surface area contributed by atoms with E-state index < -0.39 is 17.7 Å². The van der Waals surface area contributed by atoms with Crippen LogP contribution in [0, 0.1) is 0 Å². The maximum absolute atomic E-state index is 12.0. The summed E-state index contributed by atoms with van der Waals surface area (Å²) in [5.41, 5.74) is -0.605. The van der Waals surface area contributed by atoms with E-state index in [0.717, 1.165) is 5.01 Å². The summed E-state index contributed by atoms with van der Waals surface area (Å²) < 4.78 is 5.09. The van der Waals surface area contributed by atoms with Crippen LogP contribution in [0.2, 0.25) is 0 Å². The van der Waals surface area contributed by atoms with Crippen LogP contribution in [0.15, 0.2) is 0 Å². The van der Waals surface area contributed by atoms with E-state index >= 15 is 0 Å². The van der Waals surface area contributed by atoms with Gasteiger partial charge >= 0.3 is 6.09 Å². The summed E-state index contributed by atoms with van der Waals surface area (Å²) in [4.78, 5) is 23.5. The fourth-order valence-electron chi connectivity index (χ4n) is 1.28. The zero-order valence-electron chi connectivity index (χ0n) is 13.2. The Morgan fingerprint density at radius 3 is 2.29 bits per heavy atom. The van der Waals surface area contributed by atoms with Gasteiger partial charge in [0.2, 0.25) is 11.0 Å². The molecule has 1 unspecified atom stereocenters.